The van der Waals surface area contributed by atoms with Gasteiger partial charge < -0.3 is 5.11 Å². The molecular formula is C27H17FN4O2S2. The van der Waals surface area contributed by atoms with Crippen molar-refractivity contribution in [2.24, 2.45) is 0 Å². The number of nitrogens with zero attached hydrogens (tertiary/aromatic N) is 4. The lowest BCUT2D eigenvalue weighted by Gasteiger charge is -2.15. The van der Waals surface area contributed by atoms with Crippen LogP contribution in [0.1, 0.15) is 0 Å². The van der Waals surface area contributed by atoms with Gasteiger partial charge in [-0.3, -0.25) is 4.40 Å². The number of rotatable bonds is 5. The zero-order chi connectivity index (χ0) is 24.6. The van der Waals surface area contributed by atoms with Gasteiger partial charge in [-0.1, -0.05) is 53.4 Å². The second kappa shape index (κ2) is 9.10. The van der Waals surface area contributed by atoms with Gasteiger partial charge in [0.1, 0.15) is 16.5 Å². The Hall–Kier alpha value is -4.21. The fraction of sp³-hybridized carbons (Fsp3) is 0. The molecule has 176 valence electrons. The van der Waals surface area contributed by atoms with E-state index in [0.717, 1.165) is 36.9 Å². The lowest BCUT2D eigenvalue weighted by Crippen LogP contribution is -2.23. The van der Waals surface area contributed by atoms with E-state index in [0.29, 0.717) is 10.8 Å². The quantitative estimate of drug-likeness (QED) is 0.256. The highest BCUT2D eigenvalue weighted by Gasteiger charge is 2.21. The summed E-state index contributed by atoms with van der Waals surface area (Å²) in [5, 5.41) is 11.1. The number of hydrogen-bond donors (Lipinski definition) is 1. The van der Waals surface area contributed by atoms with Crippen molar-refractivity contribution in [3.8, 4) is 11.1 Å². The van der Waals surface area contributed by atoms with Gasteiger partial charge in [-0.05, 0) is 65.7 Å². The Kier molecular flexibility index (Phi) is 5.63. The first-order valence-electron chi connectivity index (χ1n) is 10.9. The Morgan fingerprint density at radius 1 is 0.972 bits per heavy atom. The van der Waals surface area contributed by atoms with Crippen molar-refractivity contribution < 1.29 is 14.3 Å². The Morgan fingerprint density at radius 2 is 1.75 bits per heavy atom. The summed E-state index contributed by atoms with van der Waals surface area (Å²) in [6.45, 7) is 0. The number of pyridine rings is 1. The van der Waals surface area contributed by atoms with Gasteiger partial charge in [0, 0.05) is 11.1 Å². The molecule has 0 bridgehead atoms. The molecule has 1 amide bonds. The lowest BCUT2D eigenvalue weighted by atomic mass is 10.1. The molecule has 0 aliphatic carbocycles. The molecule has 0 unspecified atom stereocenters. The van der Waals surface area contributed by atoms with Crippen LogP contribution in [0.5, 0.6) is 0 Å². The molecule has 6 nitrogen and oxygen atoms in total. The van der Waals surface area contributed by atoms with E-state index in [2.05, 4.69) is 9.97 Å². The third kappa shape index (κ3) is 4.19. The molecule has 0 fully saturated rings. The molecule has 0 aliphatic heterocycles. The molecule has 0 atom stereocenters. The second-order valence-electron chi connectivity index (χ2n) is 7.93. The van der Waals surface area contributed by atoms with Crippen molar-refractivity contribution in [3.63, 3.8) is 0 Å². The normalized spacial score (nSPS) is 11.2. The number of thiazole rings is 1. The van der Waals surface area contributed by atoms with Gasteiger partial charge in [0.05, 0.1) is 22.1 Å². The monoisotopic (exact) mass is 512 g/mol. The van der Waals surface area contributed by atoms with E-state index in [1.165, 1.54) is 28.4 Å². The van der Waals surface area contributed by atoms with Gasteiger partial charge in [0.15, 0.2) is 0 Å². The molecular weight excluding hydrogens is 495 g/mol. The minimum Gasteiger partial charge on any atom is -0.464 e. The van der Waals surface area contributed by atoms with Crippen molar-refractivity contribution in [1.82, 2.24) is 14.4 Å². The van der Waals surface area contributed by atoms with Crippen LogP contribution in [0.2, 0.25) is 0 Å². The topological polar surface area (TPSA) is 70.7 Å². The first-order chi connectivity index (χ1) is 17.5. The number of halogens is 1. The zero-order valence-electron chi connectivity index (χ0n) is 18.6. The Bertz CT molecular complexity index is 1720. The third-order valence-electron chi connectivity index (χ3n) is 5.62. The number of anilines is 2. The van der Waals surface area contributed by atoms with Crippen LogP contribution in [0, 0.1) is 5.82 Å². The van der Waals surface area contributed by atoms with Crippen LogP contribution in [0.25, 0.3) is 27.0 Å². The molecule has 3 aromatic heterocycles. The predicted octanol–water partition coefficient (Wildman–Crippen LogP) is 7.72. The summed E-state index contributed by atoms with van der Waals surface area (Å²) in [7, 11) is 0. The average molecular weight is 513 g/mol. The summed E-state index contributed by atoms with van der Waals surface area (Å²) in [5.74, 6) is -0.268. The molecule has 6 aromatic rings. The number of benzene rings is 3. The van der Waals surface area contributed by atoms with Gasteiger partial charge in [-0.25, -0.2) is 24.1 Å². The fourth-order valence-electron chi connectivity index (χ4n) is 3.90. The summed E-state index contributed by atoms with van der Waals surface area (Å²) in [6.07, 6.45) is 2.72. The number of para-hydroxylation sites is 1. The lowest BCUT2D eigenvalue weighted by molar-refractivity contribution is 0.205. The first-order valence-corrected chi connectivity index (χ1v) is 12.6. The first kappa shape index (κ1) is 22.3. The Morgan fingerprint density at radius 3 is 2.53 bits per heavy atom. The van der Waals surface area contributed by atoms with E-state index in [1.54, 1.807) is 48.2 Å². The number of carboxylic acid groups (broad SMARTS) is 1. The number of hydrogen-bond acceptors (Lipinski definition) is 5. The van der Waals surface area contributed by atoms with Crippen LogP contribution in [0.4, 0.5) is 20.0 Å². The second-order valence-corrected chi connectivity index (χ2v) is 10.0. The molecule has 0 saturated heterocycles. The number of fused-ring (bicyclic) bond motifs is 2. The molecule has 36 heavy (non-hydrogen) atoms. The van der Waals surface area contributed by atoms with Crippen LogP contribution >= 0.6 is 23.1 Å². The van der Waals surface area contributed by atoms with Gasteiger partial charge in [-0.15, -0.1) is 0 Å². The van der Waals surface area contributed by atoms with E-state index in [9.17, 15) is 14.3 Å². The van der Waals surface area contributed by atoms with E-state index in [4.69, 9.17) is 0 Å². The predicted molar refractivity (Wildman–Crippen MR) is 141 cm³/mol. The SMILES string of the molecule is O=C(O)N(c1ccccc1)c1nc2ccc(Sc3cnc4ccc(-c5ccc(F)cc5)cn34)cc2s1. The van der Waals surface area contributed by atoms with Crippen LogP contribution in [0.3, 0.4) is 0 Å². The van der Waals surface area contributed by atoms with Crippen molar-refractivity contribution in [3.05, 3.63) is 103 Å². The van der Waals surface area contributed by atoms with Crippen LogP contribution in [0.15, 0.2) is 107 Å². The fourth-order valence-corrected chi connectivity index (χ4v) is 5.90. The van der Waals surface area contributed by atoms with Gasteiger partial charge >= 0.3 is 6.09 Å². The molecule has 6 rings (SSSR count). The van der Waals surface area contributed by atoms with Gasteiger partial charge in [0.2, 0.25) is 5.13 Å². The molecule has 0 aliphatic rings. The molecule has 0 spiro atoms. The van der Waals surface area contributed by atoms with Crippen LogP contribution < -0.4 is 4.90 Å². The minimum absolute atomic E-state index is 0.268. The molecule has 3 heterocycles. The van der Waals surface area contributed by atoms with E-state index >= 15 is 0 Å². The number of imidazole rings is 1. The van der Waals surface area contributed by atoms with E-state index in [-0.39, 0.29) is 5.82 Å². The maximum Gasteiger partial charge on any atom is 0.418 e. The maximum atomic E-state index is 13.3. The molecule has 0 saturated carbocycles. The standard InChI is InChI=1S/C27H17FN4O2S2/c28-19-9-6-17(7-10-19)18-8-13-24-29-15-25(31(24)16-18)35-21-11-12-22-23(14-21)36-26(30-22)32(27(33)34)20-4-2-1-3-5-20/h1-16H,(H,33,34). The highest BCUT2D eigenvalue weighted by Crippen LogP contribution is 2.37. The summed E-state index contributed by atoms with van der Waals surface area (Å²) in [5.41, 5.74) is 3.96. The van der Waals surface area contributed by atoms with Gasteiger partial charge in [-0.2, -0.15) is 0 Å². The zero-order valence-corrected chi connectivity index (χ0v) is 20.2. The summed E-state index contributed by atoms with van der Waals surface area (Å²) >= 11 is 2.88. The van der Waals surface area contributed by atoms with Crippen LogP contribution in [-0.4, -0.2) is 25.6 Å². The Labute approximate surface area is 213 Å². The van der Waals surface area contributed by atoms with Gasteiger partial charge in [0.25, 0.3) is 0 Å². The van der Waals surface area contributed by atoms with E-state index < -0.39 is 6.09 Å². The van der Waals surface area contributed by atoms with Crippen molar-refractivity contribution in [2.75, 3.05) is 4.90 Å². The smallest absolute Gasteiger partial charge is 0.418 e. The maximum absolute atomic E-state index is 13.3. The Balaban J connectivity index is 1.33. The summed E-state index contributed by atoms with van der Waals surface area (Å²) in [6, 6.07) is 25.1. The minimum atomic E-state index is -1.09. The highest BCUT2D eigenvalue weighted by atomic mass is 32.2. The molecule has 3 aromatic carbocycles. The van der Waals surface area contributed by atoms with E-state index in [1.807, 2.05) is 53.2 Å². The summed E-state index contributed by atoms with van der Waals surface area (Å²) in [4.78, 5) is 23.2. The largest absolute Gasteiger partial charge is 0.464 e. The summed E-state index contributed by atoms with van der Waals surface area (Å²) < 4.78 is 16.2. The van der Waals surface area contributed by atoms with Crippen molar-refractivity contribution in [2.45, 2.75) is 9.92 Å². The number of aromatic nitrogens is 3. The third-order valence-corrected chi connectivity index (χ3v) is 7.62. The van der Waals surface area contributed by atoms with Crippen molar-refractivity contribution in [1.29, 1.82) is 0 Å². The molecule has 0 radical (unpaired) electrons. The molecule has 9 heteroatoms. The van der Waals surface area contributed by atoms with Crippen LogP contribution in [-0.2, 0) is 0 Å². The number of carbonyl (C=O) groups is 1. The number of amides is 1. The van der Waals surface area contributed by atoms with Crippen molar-refractivity contribution >= 4 is 55.9 Å². The average Bonchev–Trinajstić information content (AvgIpc) is 3.48. The molecule has 1 N–H and O–H groups in total. The highest BCUT2D eigenvalue weighted by molar-refractivity contribution is 7.99.